The molecule has 0 spiro atoms. The zero-order valence-electron chi connectivity index (χ0n) is 11.5. The third-order valence-electron chi connectivity index (χ3n) is 3.10. The van der Waals surface area contributed by atoms with Crippen LogP contribution in [0.1, 0.15) is 30.7 Å². The molecule has 0 aromatic carbocycles. The molecule has 1 atom stereocenters. The molecule has 3 rings (SSSR count). The Morgan fingerprint density at radius 3 is 2.95 bits per heavy atom. The minimum Gasteiger partial charge on any atom is -0.387 e. The first-order valence-corrected chi connectivity index (χ1v) is 8.35. The van der Waals surface area contributed by atoms with E-state index in [2.05, 4.69) is 41.4 Å². The summed E-state index contributed by atoms with van der Waals surface area (Å²) in [6.07, 6.45) is 1.58. The van der Waals surface area contributed by atoms with Crippen LogP contribution in [0.15, 0.2) is 23.8 Å². The predicted molar refractivity (Wildman–Crippen MR) is 83.2 cm³/mol. The molecule has 3 aromatic heterocycles. The summed E-state index contributed by atoms with van der Waals surface area (Å²) in [7, 11) is 0. The van der Waals surface area contributed by atoms with Gasteiger partial charge >= 0.3 is 0 Å². The van der Waals surface area contributed by atoms with E-state index in [-0.39, 0.29) is 0 Å². The van der Waals surface area contributed by atoms with Crippen LogP contribution in [-0.4, -0.2) is 19.9 Å². The van der Waals surface area contributed by atoms with Gasteiger partial charge in [-0.15, -0.1) is 22.7 Å². The average Bonchev–Trinajstić information content (AvgIpc) is 3.03. The lowest BCUT2D eigenvalue weighted by Gasteiger charge is -2.11. The van der Waals surface area contributed by atoms with Gasteiger partial charge in [0.2, 0.25) is 0 Å². The molecule has 20 heavy (non-hydrogen) atoms. The van der Waals surface area contributed by atoms with E-state index in [0.717, 1.165) is 17.2 Å². The Bertz CT molecular complexity index is 669. The summed E-state index contributed by atoms with van der Waals surface area (Å²) in [6, 6.07) is 4.18. The van der Waals surface area contributed by atoms with E-state index < -0.39 is 6.10 Å². The van der Waals surface area contributed by atoms with Crippen LogP contribution in [0, 0.1) is 5.92 Å². The Morgan fingerprint density at radius 2 is 2.20 bits per heavy atom. The second-order valence-electron chi connectivity index (χ2n) is 5.27. The van der Waals surface area contributed by atoms with Crippen molar-refractivity contribution in [2.45, 2.75) is 32.9 Å². The lowest BCUT2D eigenvalue weighted by atomic mass is 10.2. The predicted octanol–water partition coefficient (Wildman–Crippen LogP) is 3.49. The van der Waals surface area contributed by atoms with Crippen LogP contribution >= 0.6 is 22.7 Å². The second kappa shape index (κ2) is 5.63. The highest BCUT2D eigenvalue weighted by Crippen LogP contribution is 2.34. The van der Waals surface area contributed by atoms with Gasteiger partial charge in [-0.05, 0) is 23.4 Å². The third kappa shape index (κ3) is 2.77. The molecule has 1 N–H and O–H groups in total. The van der Waals surface area contributed by atoms with Crippen molar-refractivity contribution >= 4 is 32.1 Å². The highest BCUT2D eigenvalue weighted by molar-refractivity contribution is 7.26. The number of aromatic nitrogens is 3. The summed E-state index contributed by atoms with van der Waals surface area (Å²) in [6.45, 7) is 5.13. The van der Waals surface area contributed by atoms with Crippen LogP contribution in [0.25, 0.3) is 9.40 Å². The molecule has 0 radical (unpaired) electrons. The topological polar surface area (TPSA) is 50.9 Å². The summed E-state index contributed by atoms with van der Waals surface area (Å²) in [5, 5.41) is 16.7. The summed E-state index contributed by atoms with van der Waals surface area (Å²) >= 11 is 3.37. The van der Waals surface area contributed by atoms with Crippen LogP contribution in [0.4, 0.5) is 0 Å². The number of hydrogen-bond donors (Lipinski definition) is 1. The van der Waals surface area contributed by atoms with E-state index >= 15 is 0 Å². The Morgan fingerprint density at radius 1 is 1.35 bits per heavy atom. The Kier molecular flexibility index (Phi) is 3.87. The van der Waals surface area contributed by atoms with Crippen molar-refractivity contribution in [3.8, 4) is 0 Å². The molecule has 0 saturated heterocycles. The molecule has 3 heterocycles. The summed E-state index contributed by atoms with van der Waals surface area (Å²) in [5.41, 5.74) is 0. The Hall–Kier alpha value is -1.24. The molecule has 0 amide bonds. The lowest BCUT2D eigenvalue weighted by Crippen LogP contribution is -2.13. The first kappa shape index (κ1) is 13.7. The first-order valence-electron chi connectivity index (χ1n) is 6.65. The number of aliphatic hydroxyl groups is 1. The maximum Gasteiger partial charge on any atom is 0.138 e. The van der Waals surface area contributed by atoms with Crippen molar-refractivity contribution in [1.82, 2.24) is 14.8 Å². The largest absolute Gasteiger partial charge is 0.387 e. The Labute approximate surface area is 125 Å². The van der Waals surface area contributed by atoms with Gasteiger partial charge in [0.15, 0.2) is 0 Å². The maximum absolute atomic E-state index is 10.4. The molecule has 0 fully saturated rings. The van der Waals surface area contributed by atoms with Crippen LogP contribution in [-0.2, 0) is 13.0 Å². The molecule has 0 aliphatic heterocycles. The normalized spacial score (nSPS) is 13.4. The van der Waals surface area contributed by atoms with Crippen molar-refractivity contribution in [3.63, 3.8) is 0 Å². The van der Waals surface area contributed by atoms with Crippen LogP contribution in [0.5, 0.6) is 0 Å². The van der Waals surface area contributed by atoms with E-state index in [4.69, 9.17) is 0 Å². The van der Waals surface area contributed by atoms with Crippen molar-refractivity contribution in [2.24, 2.45) is 5.92 Å². The van der Waals surface area contributed by atoms with E-state index in [1.54, 1.807) is 29.0 Å². The van der Waals surface area contributed by atoms with Crippen molar-refractivity contribution in [1.29, 1.82) is 0 Å². The van der Waals surface area contributed by atoms with E-state index in [0.29, 0.717) is 12.3 Å². The van der Waals surface area contributed by atoms with Gasteiger partial charge in [0.25, 0.3) is 0 Å². The monoisotopic (exact) mass is 307 g/mol. The van der Waals surface area contributed by atoms with Crippen molar-refractivity contribution < 1.29 is 5.11 Å². The fourth-order valence-corrected chi connectivity index (χ4v) is 4.27. The van der Waals surface area contributed by atoms with Gasteiger partial charge in [0, 0.05) is 27.2 Å². The number of thiophene rings is 2. The minimum absolute atomic E-state index is 0.505. The van der Waals surface area contributed by atoms with Gasteiger partial charge in [-0.1, -0.05) is 13.8 Å². The molecule has 0 bridgehead atoms. The van der Waals surface area contributed by atoms with Gasteiger partial charge in [0.05, 0.1) is 6.10 Å². The van der Waals surface area contributed by atoms with Crippen molar-refractivity contribution in [3.05, 3.63) is 34.5 Å². The molecule has 106 valence electrons. The molecule has 6 heteroatoms. The lowest BCUT2D eigenvalue weighted by molar-refractivity contribution is 0.177. The summed E-state index contributed by atoms with van der Waals surface area (Å²) in [4.78, 5) is 5.28. The number of nitrogens with zero attached hydrogens (tertiary/aromatic N) is 3. The molecule has 0 aliphatic rings. The zero-order chi connectivity index (χ0) is 14.1. The number of aliphatic hydroxyl groups excluding tert-OH is 1. The molecule has 0 aliphatic carbocycles. The third-order valence-corrected chi connectivity index (χ3v) is 5.29. The van der Waals surface area contributed by atoms with Gasteiger partial charge < -0.3 is 5.11 Å². The van der Waals surface area contributed by atoms with Gasteiger partial charge in [-0.25, -0.2) is 9.67 Å². The first-order chi connectivity index (χ1) is 9.63. The number of rotatable bonds is 5. The number of hydrogen-bond acceptors (Lipinski definition) is 5. The number of fused-ring (bicyclic) bond motifs is 1. The average molecular weight is 307 g/mol. The minimum atomic E-state index is -0.505. The summed E-state index contributed by atoms with van der Waals surface area (Å²) in [5.74, 6) is 1.36. The molecule has 3 aromatic rings. The van der Waals surface area contributed by atoms with Crippen LogP contribution in [0.2, 0.25) is 0 Å². The molecular formula is C14H17N3OS2. The van der Waals surface area contributed by atoms with E-state index in [1.165, 1.54) is 9.40 Å². The molecule has 1 unspecified atom stereocenters. The van der Waals surface area contributed by atoms with Crippen LogP contribution in [0.3, 0.4) is 0 Å². The molecule has 0 saturated carbocycles. The SMILES string of the molecule is CC(C)Cn1ncnc1CC(O)c1cc2sccc2s1. The van der Waals surface area contributed by atoms with Crippen molar-refractivity contribution in [2.75, 3.05) is 0 Å². The summed E-state index contributed by atoms with van der Waals surface area (Å²) < 4.78 is 4.38. The highest BCUT2D eigenvalue weighted by atomic mass is 32.1. The smallest absolute Gasteiger partial charge is 0.138 e. The highest BCUT2D eigenvalue weighted by Gasteiger charge is 2.16. The molecule has 4 nitrogen and oxygen atoms in total. The quantitative estimate of drug-likeness (QED) is 0.785. The fourth-order valence-electron chi connectivity index (χ4n) is 2.17. The van der Waals surface area contributed by atoms with Gasteiger partial charge in [-0.2, -0.15) is 5.10 Å². The maximum atomic E-state index is 10.4. The zero-order valence-corrected chi connectivity index (χ0v) is 13.1. The van der Waals surface area contributed by atoms with E-state index in [1.807, 2.05) is 4.68 Å². The Balaban J connectivity index is 1.77. The van der Waals surface area contributed by atoms with Crippen LogP contribution < -0.4 is 0 Å². The van der Waals surface area contributed by atoms with E-state index in [9.17, 15) is 5.11 Å². The fraction of sp³-hybridized carbons (Fsp3) is 0.429. The van der Waals surface area contributed by atoms with Gasteiger partial charge in [0.1, 0.15) is 12.2 Å². The molecular weight excluding hydrogens is 290 g/mol. The second-order valence-corrected chi connectivity index (χ2v) is 7.33. The standard InChI is InChI=1S/C14H17N3OS2/c1-9(2)7-17-14(15-8-16-17)5-10(18)12-6-13-11(20-12)3-4-19-13/h3-4,6,8-10,18H,5,7H2,1-2H3. The van der Waals surface area contributed by atoms with Gasteiger partial charge in [-0.3, -0.25) is 0 Å².